The van der Waals surface area contributed by atoms with Gasteiger partial charge in [-0.2, -0.15) is 12.6 Å². The molecule has 13 heavy (non-hydrogen) atoms. The largest absolute Gasteiger partial charge is 0.508 e. The van der Waals surface area contributed by atoms with Crippen LogP contribution in [0.5, 0.6) is 5.75 Å². The summed E-state index contributed by atoms with van der Waals surface area (Å²) in [5, 5.41) is 10.4. The van der Waals surface area contributed by atoms with Crippen molar-refractivity contribution >= 4 is 23.5 Å². The molecule has 1 N–H and O–H groups in total. The number of aromatic hydroxyl groups is 1. The van der Waals surface area contributed by atoms with E-state index in [0.29, 0.717) is 11.5 Å². The number of rotatable bonds is 1. The number of hydrogen-bond donors (Lipinski definition) is 2. The first-order valence-corrected chi connectivity index (χ1v) is 4.74. The van der Waals surface area contributed by atoms with Crippen LogP contribution in [0.25, 0.3) is 10.9 Å². The highest BCUT2D eigenvalue weighted by Crippen LogP contribution is 2.23. The summed E-state index contributed by atoms with van der Waals surface area (Å²) in [6.45, 7) is 0. The molecule has 0 atom stereocenters. The van der Waals surface area contributed by atoms with Gasteiger partial charge in [-0.3, -0.25) is 0 Å². The van der Waals surface area contributed by atoms with Crippen molar-refractivity contribution in [3.05, 3.63) is 30.0 Å². The Morgan fingerprint density at radius 3 is 2.85 bits per heavy atom. The normalized spacial score (nSPS) is 10.9. The summed E-state index contributed by atoms with van der Waals surface area (Å²) in [4.78, 5) is 0. The van der Waals surface area contributed by atoms with Crippen molar-refractivity contribution in [3.63, 3.8) is 0 Å². The molecule has 3 heteroatoms. The molecule has 0 saturated heterocycles. The third-order valence-electron chi connectivity index (χ3n) is 2.29. The third kappa shape index (κ3) is 1.29. The summed E-state index contributed by atoms with van der Waals surface area (Å²) in [5.74, 6) is 1.02. The maximum absolute atomic E-state index is 9.30. The molecule has 2 rings (SSSR count). The number of phenols is 1. The van der Waals surface area contributed by atoms with Gasteiger partial charge in [0.05, 0.1) is 5.52 Å². The monoisotopic (exact) mass is 193 g/mol. The molecular formula is C10H11NOS. The Kier molecular flexibility index (Phi) is 1.96. The molecule has 1 aromatic carbocycles. The quantitative estimate of drug-likeness (QED) is 0.668. The SMILES string of the molecule is Cn1c(CS)cc2ccc(O)cc21. The Balaban J connectivity index is 2.77. The topological polar surface area (TPSA) is 25.2 Å². The first-order valence-electron chi connectivity index (χ1n) is 4.10. The van der Waals surface area contributed by atoms with Gasteiger partial charge in [0.2, 0.25) is 0 Å². The lowest BCUT2D eigenvalue weighted by molar-refractivity contribution is 0.476. The van der Waals surface area contributed by atoms with Crippen molar-refractivity contribution in [1.29, 1.82) is 0 Å². The van der Waals surface area contributed by atoms with Gasteiger partial charge >= 0.3 is 0 Å². The van der Waals surface area contributed by atoms with Gasteiger partial charge in [0.1, 0.15) is 5.75 Å². The maximum atomic E-state index is 9.30. The minimum atomic E-state index is 0.305. The summed E-state index contributed by atoms with van der Waals surface area (Å²) < 4.78 is 2.04. The molecular weight excluding hydrogens is 182 g/mol. The van der Waals surface area contributed by atoms with E-state index in [1.807, 2.05) is 17.7 Å². The van der Waals surface area contributed by atoms with Crippen LogP contribution in [0.2, 0.25) is 0 Å². The van der Waals surface area contributed by atoms with E-state index in [1.54, 1.807) is 12.1 Å². The molecule has 0 saturated carbocycles. The molecule has 0 spiro atoms. The molecule has 0 aliphatic rings. The number of aryl methyl sites for hydroxylation is 1. The van der Waals surface area contributed by atoms with Gasteiger partial charge in [0.15, 0.2) is 0 Å². The number of benzene rings is 1. The summed E-state index contributed by atoms with van der Waals surface area (Å²) in [5.41, 5.74) is 2.20. The molecule has 2 nitrogen and oxygen atoms in total. The molecule has 1 heterocycles. The van der Waals surface area contributed by atoms with Gasteiger partial charge < -0.3 is 9.67 Å². The van der Waals surface area contributed by atoms with Crippen LogP contribution in [0, 0.1) is 0 Å². The summed E-state index contributed by atoms with van der Waals surface area (Å²) in [6.07, 6.45) is 0. The van der Waals surface area contributed by atoms with Crippen molar-refractivity contribution in [2.75, 3.05) is 0 Å². The van der Waals surface area contributed by atoms with Gasteiger partial charge in [-0.25, -0.2) is 0 Å². The zero-order valence-corrected chi connectivity index (χ0v) is 8.25. The number of nitrogens with zero attached hydrogens (tertiary/aromatic N) is 1. The molecule has 0 fully saturated rings. The smallest absolute Gasteiger partial charge is 0.117 e. The van der Waals surface area contributed by atoms with E-state index in [-0.39, 0.29) is 0 Å². The minimum absolute atomic E-state index is 0.305. The van der Waals surface area contributed by atoms with E-state index < -0.39 is 0 Å². The molecule has 0 amide bonds. The second-order valence-corrected chi connectivity index (χ2v) is 3.41. The highest BCUT2D eigenvalue weighted by atomic mass is 32.1. The predicted octanol–water partition coefficient (Wildman–Crippen LogP) is 2.31. The highest BCUT2D eigenvalue weighted by Gasteiger charge is 2.04. The Labute approximate surface area is 82.2 Å². The third-order valence-corrected chi connectivity index (χ3v) is 2.61. The molecule has 0 aliphatic carbocycles. The van der Waals surface area contributed by atoms with Crippen LogP contribution >= 0.6 is 12.6 Å². The second kappa shape index (κ2) is 3.00. The van der Waals surface area contributed by atoms with Crippen molar-refractivity contribution in [1.82, 2.24) is 4.57 Å². The average Bonchev–Trinajstić information content (AvgIpc) is 2.44. The van der Waals surface area contributed by atoms with Crippen LogP contribution in [0.1, 0.15) is 5.69 Å². The summed E-state index contributed by atoms with van der Waals surface area (Å²) in [6, 6.07) is 7.46. The molecule has 0 radical (unpaired) electrons. The zero-order valence-electron chi connectivity index (χ0n) is 7.36. The van der Waals surface area contributed by atoms with E-state index in [0.717, 1.165) is 16.6 Å². The van der Waals surface area contributed by atoms with Gasteiger partial charge in [-0.1, -0.05) is 0 Å². The Hall–Kier alpha value is -1.09. The van der Waals surface area contributed by atoms with E-state index in [9.17, 15) is 5.11 Å². The Morgan fingerprint density at radius 2 is 2.15 bits per heavy atom. The predicted molar refractivity (Wildman–Crippen MR) is 57.3 cm³/mol. The standard InChI is InChI=1S/C10H11NOS/c1-11-8(6-13)4-7-2-3-9(12)5-10(7)11/h2-5,12-13H,6H2,1H3. The second-order valence-electron chi connectivity index (χ2n) is 3.10. The van der Waals surface area contributed by atoms with Gasteiger partial charge in [-0.15, -0.1) is 0 Å². The van der Waals surface area contributed by atoms with Crippen molar-refractivity contribution in [2.45, 2.75) is 5.75 Å². The van der Waals surface area contributed by atoms with Gasteiger partial charge in [0, 0.05) is 29.9 Å². The molecule has 0 unspecified atom stereocenters. The van der Waals surface area contributed by atoms with E-state index in [2.05, 4.69) is 18.7 Å². The minimum Gasteiger partial charge on any atom is -0.508 e. The zero-order chi connectivity index (χ0) is 9.42. The van der Waals surface area contributed by atoms with Crippen LogP contribution in [0.3, 0.4) is 0 Å². The molecule has 68 valence electrons. The molecule has 0 aliphatic heterocycles. The Bertz CT molecular complexity index is 447. The van der Waals surface area contributed by atoms with Crippen molar-refractivity contribution in [2.24, 2.45) is 7.05 Å². The van der Waals surface area contributed by atoms with Crippen LogP contribution in [0.4, 0.5) is 0 Å². The molecule has 1 aromatic heterocycles. The van der Waals surface area contributed by atoms with Gasteiger partial charge in [-0.05, 0) is 18.2 Å². The number of phenolic OH excluding ortho intramolecular Hbond substituents is 1. The first kappa shape index (κ1) is 8.51. The summed E-state index contributed by atoms with van der Waals surface area (Å²) in [7, 11) is 1.98. The lowest BCUT2D eigenvalue weighted by atomic mass is 10.2. The van der Waals surface area contributed by atoms with E-state index in [1.165, 1.54) is 0 Å². The van der Waals surface area contributed by atoms with Crippen LogP contribution in [-0.4, -0.2) is 9.67 Å². The van der Waals surface area contributed by atoms with Gasteiger partial charge in [0.25, 0.3) is 0 Å². The van der Waals surface area contributed by atoms with E-state index >= 15 is 0 Å². The van der Waals surface area contributed by atoms with Crippen LogP contribution in [0.15, 0.2) is 24.3 Å². The summed E-state index contributed by atoms with van der Waals surface area (Å²) >= 11 is 4.23. The lowest BCUT2D eigenvalue weighted by Crippen LogP contribution is -1.91. The fraction of sp³-hybridized carbons (Fsp3) is 0.200. The fourth-order valence-corrected chi connectivity index (χ4v) is 1.83. The maximum Gasteiger partial charge on any atom is 0.117 e. The molecule has 2 aromatic rings. The average molecular weight is 193 g/mol. The number of hydrogen-bond acceptors (Lipinski definition) is 2. The number of thiol groups is 1. The van der Waals surface area contributed by atoms with Crippen LogP contribution < -0.4 is 0 Å². The fourth-order valence-electron chi connectivity index (χ4n) is 1.53. The molecule has 0 bridgehead atoms. The highest BCUT2D eigenvalue weighted by molar-refractivity contribution is 7.79. The van der Waals surface area contributed by atoms with Crippen LogP contribution in [-0.2, 0) is 12.8 Å². The lowest BCUT2D eigenvalue weighted by Gasteiger charge is -2.00. The first-order chi connectivity index (χ1) is 6.22. The van der Waals surface area contributed by atoms with Crippen molar-refractivity contribution in [3.8, 4) is 5.75 Å². The van der Waals surface area contributed by atoms with E-state index in [4.69, 9.17) is 0 Å². The van der Waals surface area contributed by atoms with Crippen molar-refractivity contribution < 1.29 is 5.11 Å². The number of fused-ring (bicyclic) bond motifs is 1. The number of aromatic nitrogens is 1. The Morgan fingerprint density at radius 1 is 1.38 bits per heavy atom.